The molecule has 0 saturated carbocycles. The van der Waals surface area contributed by atoms with Crippen LogP contribution in [0, 0.1) is 0 Å². The smallest absolute Gasteiger partial charge is 0.374 e. The van der Waals surface area contributed by atoms with E-state index >= 15 is 0 Å². The van der Waals surface area contributed by atoms with Gasteiger partial charge in [0.15, 0.2) is 0 Å². The summed E-state index contributed by atoms with van der Waals surface area (Å²) in [5.41, 5.74) is 0. The summed E-state index contributed by atoms with van der Waals surface area (Å²) < 4.78 is 17.5. The van der Waals surface area contributed by atoms with Crippen LogP contribution in [0.15, 0.2) is 0 Å². The first-order valence-electron chi connectivity index (χ1n) is 6.61. The zero-order chi connectivity index (χ0) is 13.4. The van der Waals surface area contributed by atoms with E-state index in [2.05, 4.69) is 20.0 Å². The highest BCUT2D eigenvalue weighted by Crippen LogP contribution is 2.47. The van der Waals surface area contributed by atoms with Crippen molar-refractivity contribution in [2.45, 2.75) is 33.2 Å². The number of hydrogen-bond donors (Lipinski definition) is 0. The van der Waals surface area contributed by atoms with Crippen LogP contribution in [0.3, 0.4) is 0 Å². The Balaban J connectivity index is 4.33. The fraction of sp³-hybridized carbons (Fsp3) is 1.00. The third-order valence-corrected chi connectivity index (χ3v) is 7.21. The summed E-state index contributed by atoms with van der Waals surface area (Å²) in [5, 5.41) is 0. The van der Waals surface area contributed by atoms with Gasteiger partial charge < -0.3 is 13.3 Å². The minimum atomic E-state index is -2.38. The molecule has 0 atom stereocenters. The normalized spacial score (nSPS) is 13.1. The van der Waals surface area contributed by atoms with Gasteiger partial charge in [0.05, 0.1) is 6.16 Å². The van der Waals surface area contributed by atoms with Gasteiger partial charge in [-0.1, -0.05) is 0 Å². The second-order valence-corrected chi connectivity index (χ2v) is 12.9. The Morgan fingerprint density at radius 3 is 1.53 bits per heavy atom. The van der Waals surface area contributed by atoms with Gasteiger partial charge in [-0.2, -0.15) is 0 Å². The van der Waals surface area contributed by atoms with Crippen molar-refractivity contribution in [3.8, 4) is 0 Å². The van der Waals surface area contributed by atoms with Crippen molar-refractivity contribution in [3.63, 3.8) is 0 Å². The molecule has 0 spiro atoms. The molecule has 0 amide bonds. The van der Waals surface area contributed by atoms with E-state index in [-0.39, 0.29) is 0 Å². The zero-order valence-electron chi connectivity index (χ0n) is 12.4. The zero-order valence-corrected chi connectivity index (χ0v) is 14.3. The van der Waals surface area contributed by atoms with Crippen molar-refractivity contribution in [1.82, 2.24) is 0 Å². The Hall–Kier alpha value is 0.527. The Morgan fingerprint density at radius 2 is 1.24 bits per heavy atom. The molecule has 0 aromatic carbocycles. The van der Waals surface area contributed by atoms with Gasteiger partial charge in [0.2, 0.25) is 0 Å². The van der Waals surface area contributed by atoms with Gasteiger partial charge in [0.1, 0.15) is 0 Å². The molecule has 0 bridgehead atoms. The highest BCUT2D eigenvalue weighted by molar-refractivity contribution is 7.73. The molecular formula is C12H30O3PSi+. The quantitative estimate of drug-likeness (QED) is 0.454. The summed E-state index contributed by atoms with van der Waals surface area (Å²) in [6, 6.07) is 0.958. The molecule has 0 aliphatic rings. The fourth-order valence-corrected chi connectivity index (χ4v) is 5.79. The lowest BCUT2D eigenvalue weighted by atomic mass is 10.6. The lowest BCUT2D eigenvalue weighted by Crippen LogP contribution is -2.46. The first-order valence-corrected chi connectivity index (χ1v) is 11.9. The molecule has 0 fully saturated rings. The third-order valence-electron chi connectivity index (χ3n) is 2.40. The average Bonchev–Trinajstić information content (AvgIpc) is 2.16. The van der Waals surface area contributed by atoms with Crippen LogP contribution in [0.25, 0.3) is 0 Å². The Kier molecular flexibility index (Phi) is 8.86. The van der Waals surface area contributed by atoms with E-state index in [9.17, 15) is 0 Å². The summed E-state index contributed by atoms with van der Waals surface area (Å²) in [5.74, 6) is 0. The van der Waals surface area contributed by atoms with Gasteiger partial charge >= 0.3 is 8.80 Å². The second-order valence-electron chi connectivity index (χ2n) is 5.10. The van der Waals surface area contributed by atoms with Crippen molar-refractivity contribution in [2.24, 2.45) is 0 Å². The van der Waals surface area contributed by atoms with Crippen molar-refractivity contribution < 1.29 is 13.3 Å². The van der Waals surface area contributed by atoms with Crippen LogP contribution in [0.2, 0.25) is 6.04 Å². The molecule has 0 aliphatic heterocycles. The molecule has 0 N–H and O–H groups in total. The maximum atomic E-state index is 5.83. The summed E-state index contributed by atoms with van der Waals surface area (Å²) in [6.45, 7) is 15.2. The lowest BCUT2D eigenvalue weighted by molar-refractivity contribution is 0.0712. The van der Waals surface area contributed by atoms with E-state index in [1.54, 1.807) is 0 Å². The largest absolute Gasteiger partial charge is 0.501 e. The third kappa shape index (κ3) is 8.28. The van der Waals surface area contributed by atoms with Gasteiger partial charge in [-0.3, -0.25) is 0 Å². The second kappa shape index (κ2) is 8.60. The minimum Gasteiger partial charge on any atom is -0.374 e. The lowest BCUT2D eigenvalue weighted by Gasteiger charge is -2.28. The van der Waals surface area contributed by atoms with E-state index in [4.69, 9.17) is 13.3 Å². The van der Waals surface area contributed by atoms with Gasteiger partial charge in [-0.25, -0.2) is 0 Å². The van der Waals surface area contributed by atoms with Crippen LogP contribution >= 0.6 is 7.26 Å². The highest BCUT2D eigenvalue weighted by Gasteiger charge is 2.40. The molecule has 0 aromatic rings. The van der Waals surface area contributed by atoms with Crippen LogP contribution in [0.5, 0.6) is 0 Å². The van der Waals surface area contributed by atoms with E-state index in [1.165, 1.54) is 6.16 Å². The standard InChI is InChI=1S/C12H30O3PSi/c1-7-13-17(14-8-2,15-9-3)12-10-11-16(4,5)6/h7-12H2,1-6H3/q+1. The molecule has 0 heterocycles. The summed E-state index contributed by atoms with van der Waals surface area (Å²) in [6.07, 6.45) is 2.44. The average molecular weight is 281 g/mol. The Labute approximate surface area is 109 Å². The summed E-state index contributed by atoms with van der Waals surface area (Å²) in [7, 11) is -3.08. The molecule has 0 rings (SSSR count). The van der Waals surface area contributed by atoms with E-state index in [0.717, 1.165) is 12.5 Å². The van der Waals surface area contributed by atoms with Crippen LogP contribution in [0.4, 0.5) is 0 Å². The predicted octanol–water partition coefficient (Wildman–Crippen LogP) is 3.33. The molecule has 0 radical (unpaired) electrons. The van der Waals surface area contributed by atoms with Gasteiger partial charge in [-0.05, 0) is 27.2 Å². The maximum absolute atomic E-state index is 5.83. The van der Waals surface area contributed by atoms with Crippen LogP contribution in [-0.2, 0) is 13.3 Å². The Bertz CT molecular complexity index is 178. The fourth-order valence-electron chi connectivity index (χ4n) is 1.77. The van der Waals surface area contributed by atoms with Crippen molar-refractivity contribution in [1.29, 1.82) is 0 Å². The molecule has 3 nitrogen and oxygen atoms in total. The van der Waals surface area contributed by atoms with E-state index < -0.39 is 16.1 Å². The van der Waals surface area contributed by atoms with Gasteiger partial charge in [0, 0.05) is 53.1 Å². The minimum absolute atomic E-state index is 0.677. The summed E-state index contributed by atoms with van der Waals surface area (Å²) in [4.78, 5) is 0. The number of rotatable bonds is 10. The first kappa shape index (κ1) is 17.5. The van der Waals surface area contributed by atoms with Crippen molar-refractivity contribution >= 4 is 16.1 Å². The van der Waals surface area contributed by atoms with Crippen LogP contribution in [-0.4, -0.2) is 54.8 Å². The molecular weight excluding hydrogens is 251 g/mol. The van der Waals surface area contributed by atoms with Crippen LogP contribution in [0.1, 0.15) is 27.2 Å². The molecule has 104 valence electrons. The topological polar surface area (TPSA) is 27.7 Å². The maximum Gasteiger partial charge on any atom is 0.501 e. The van der Waals surface area contributed by atoms with E-state index in [1.807, 2.05) is 20.8 Å². The SMILES string of the molecule is CCO[Si](CCC[P+](C)(C)C)(OCC)OCC. The number of hydrogen-bond acceptors (Lipinski definition) is 3. The molecule has 0 unspecified atom stereocenters. The van der Waals surface area contributed by atoms with Crippen molar-refractivity contribution in [3.05, 3.63) is 0 Å². The molecule has 17 heavy (non-hydrogen) atoms. The monoisotopic (exact) mass is 281 g/mol. The highest BCUT2D eigenvalue weighted by atomic mass is 31.2. The van der Waals surface area contributed by atoms with Crippen LogP contribution < -0.4 is 0 Å². The van der Waals surface area contributed by atoms with Gasteiger partial charge in [0.25, 0.3) is 0 Å². The Morgan fingerprint density at radius 1 is 0.824 bits per heavy atom. The van der Waals surface area contributed by atoms with Gasteiger partial charge in [-0.15, -0.1) is 0 Å². The predicted molar refractivity (Wildman–Crippen MR) is 79.6 cm³/mol. The molecule has 0 saturated heterocycles. The first-order chi connectivity index (χ1) is 7.89. The molecule has 0 aliphatic carbocycles. The summed E-state index contributed by atoms with van der Waals surface area (Å²) >= 11 is 0. The molecule has 5 heteroatoms. The van der Waals surface area contributed by atoms with E-state index in [0.29, 0.717) is 19.8 Å². The molecule has 0 aromatic heterocycles. The van der Waals surface area contributed by atoms with Crippen molar-refractivity contribution in [2.75, 3.05) is 46.0 Å².